The van der Waals surface area contributed by atoms with Crippen molar-refractivity contribution in [3.63, 3.8) is 0 Å². The second-order valence-electron chi connectivity index (χ2n) is 6.60. The van der Waals surface area contributed by atoms with Crippen molar-refractivity contribution in [3.8, 4) is 0 Å². The highest BCUT2D eigenvalue weighted by Crippen LogP contribution is 2.15. The van der Waals surface area contributed by atoms with E-state index in [9.17, 15) is 0 Å². The first-order valence-electron chi connectivity index (χ1n) is 8.36. The lowest BCUT2D eigenvalue weighted by Gasteiger charge is -2.23. The lowest BCUT2D eigenvalue weighted by atomic mass is 9.34. The van der Waals surface area contributed by atoms with Crippen molar-refractivity contribution < 1.29 is 0 Å². The smallest absolute Gasteiger partial charge is 0.0667 e. The Bertz CT molecular complexity index is 814. The monoisotopic (exact) mass is 376 g/mol. The minimum atomic E-state index is 0.264. The number of hydrogen-bond donors (Lipinski definition) is 0. The predicted octanol–water partition coefficient (Wildman–Crippen LogP) is 4.20. The molecule has 0 amide bonds. The van der Waals surface area contributed by atoms with Crippen LogP contribution >= 0.6 is 15.9 Å². The third kappa shape index (κ3) is 3.21. The summed E-state index contributed by atoms with van der Waals surface area (Å²) in [7, 11) is 0. The number of aryl methyl sites for hydroxylation is 4. The summed E-state index contributed by atoms with van der Waals surface area (Å²) in [6, 6.07) is 22.0. The van der Waals surface area contributed by atoms with Crippen LogP contribution in [0, 0.1) is 27.7 Å². The Balaban J connectivity index is 2.33. The molecule has 0 aliphatic rings. The van der Waals surface area contributed by atoms with E-state index in [1.165, 1.54) is 38.6 Å². The molecular weight excluding hydrogens is 355 g/mol. The van der Waals surface area contributed by atoms with Crippen molar-refractivity contribution in [1.82, 2.24) is 0 Å². The lowest BCUT2D eigenvalue weighted by Crippen LogP contribution is -2.55. The molecule has 0 saturated heterocycles. The summed E-state index contributed by atoms with van der Waals surface area (Å²) >= 11 is 3.64. The normalized spacial score (nSPS) is 10.7. The molecule has 24 heavy (non-hydrogen) atoms. The first-order chi connectivity index (χ1) is 11.5. The van der Waals surface area contributed by atoms with Crippen LogP contribution in [0.25, 0.3) is 0 Å². The van der Waals surface area contributed by atoms with E-state index in [-0.39, 0.29) is 6.71 Å². The Morgan fingerprint density at radius 1 is 0.625 bits per heavy atom. The van der Waals surface area contributed by atoms with Crippen LogP contribution in [0.1, 0.15) is 22.3 Å². The van der Waals surface area contributed by atoms with Gasteiger partial charge in [0.2, 0.25) is 6.71 Å². The van der Waals surface area contributed by atoms with E-state index in [2.05, 4.69) is 104 Å². The van der Waals surface area contributed by atoms with Gasteiger partial charge in [-0.25, -0.2) is 0 Å². The molecule has 0 aromatic heterocycles. The summed E-state index contributed by atoms with van der Waals surface area (Å²) in [5.74, 6) is 0. The molecule has 0 N–H and O–H groups in total. The van der Waals surface area contributed by atoms with Crippen molar-refractivity contribution in [2.75, 3.05) is 0 Å². The van der Waals surface area contributed by atoms with Gasteiger partial charge in [-0.2, -0.15) is 0 Å². The fourth-order valence-corrected chi connectivity index (χ4v) is 4.36. The molecule has 0 spiro atoms. The maximum Gasteiger partial charge on any atom is 0.242 e. The van der Waals surface area contributed by atoms with E-state index in [0.717, 1.165) is 4.47 Å². The molecule has 0 aliphatic carbocycles. The fourth-order valence-electron chi connectivity index (χ4n) is 3.68. The van der Waals surface area contributed by atoms with E-state index in [1.54, 1.807) is 0 Å². The molecule has 0 nitrogen and oxygen atoms in total. The molecule has 0 fully saturated rings. The van der Waals surface area contributed by atoms with Crippen LogP contribution in [0.15, 0.2) is 65.1 Å². The van der Waals surface area contributed by atoms with Crippen LogP contribution in [0.5, 0.6) is 0 Å². The van der Waals surface area contributed by atoms with Crippen molar-refractivity contribution in [2.24, 2.45) is 0 Å². The summed E-state index contributed by atoms with van der Waals surface area (Å²) in [5, 5.41) is 0. The van der Waals surface area contributed by atoms with Gasteiger partial charge in [-0.15, -0.1) is 0 Å². The molecule has 0 saturated carbocycles. The molecular formula is C22H22BBr. The quantitative estimate of drug-likeness (QED) is 0.601. The van der Waals surface area contributed by atoms with Crippen LogP contribution in [-0.2, 0) is 0 Å². The molecule has 2 heteroatoms. The number of benzene rings is 3. The number of hydrogen-bond acceptors (Lipinski definition) is 0. The van der Waals surface area contributed by atoms with Gasteiger partial charge in [0.05, 0.1) is 0 Å². The Morgan fingerprint density at radius 3 is 1.46 bits per heavy atom. The van der Waals surface area contributed by atoms with Crippen LogP contribution in [-0.4, -0.2) is 6.71 Å². The van der Waals surface area contributed by atoms with Gasteiger partial charge < -0.3 is 0 Å². The SMILES string of the molecule is Cc1ccccc1B(c1ccccc1C)c1c(C)cc(Br)cc1C. The largest absolute Gasteiger partial charge is 0.242 e. The van der Waals surface area contributed by atoms with E-state index in [4.69, 9.17) is 0 Å². The van der Waals surface area contributed by atoms with E-state index < -0.39 is 0 Å². The maximum atomic E-state index is 3.64. The van der Waals surface area contributed by atoms with Crippen molar-refractivity contribution in [3.05, 3.63) is 87.4 Å². The van der Waals surface area contributed by atoms with Crippen LogP contribution in [0.3, 0.4) is 0 Å². The summed E-state index contributed by atoms with van der Waals surface area (Å²) in [4.78, 5) is 0. The Hall–Kier alpha value is -1.80. The molecule has 3 aromatic carbocycles. The zero-order chi connectivity index (χ0) is 17.3. The van der Waals surface area contributed by atoms with Gasteiger partial charge in [-0.1, -0.05) is 103 Å². The minimum absolute atomic E-state index is 0.264. The average Bonchev–Trinajstić information content (AvgIpc) is 2.52. The van der Waals surface area contributed by atoms with Gasteiger partial charge in [0.1, 0.15) is 0 Å². The first kappa shape index (κ1) is 17.0. The molecule has 0 bridgehead atoms. The zero-order valence-electron chi connectivity index (χ0n) is 14.7. The molecule has 0 atom stereocenters. The van der Waals surface area contributed by atoms with Gasteiger partial charge in [-0.3, -0.25) is 0 Å². The first-order valence-corrected chi connectivity index (χ1v) is 9.16. The van der Waals surface area contributed by atoms with E-state index >= 15 is 0 Å². The molecule has 3 rings (SSSR count). The highest BCUT2D eigenvalue weighted by Gasteiger charge is 2.27. The topological polar surface area (TPSA) is 0 Å². The van der Waals surface area contributed by atoms with E-state index in [1.807, 2.05) is 0 Å². The van der Waals surface area contributed by atoms with Crippen LogP contribution < -0.4 is 16.4 Å². The highest BCUT2D eigenvalue weighted by molar-refractivity contribution is 9.10. The Kier molecular flexibility index (Phi) is 4.96. The maximum absolute atomic E-state index is 3.64. The van der Waals surface area contributed by atoms with Crippen molar-refractivity contribution in [2.45, 2.75) is 27.7 Å². The fraction of sp³-hybridized carbons (Fsp3) is 0.182. The van der Waals surface area contributed by atoms with E-state index in [0.29, 0.717) is 0 Å². The Labute approximate surface area is 154 Å². The van der Waals surface area contributed by atoms with Gasteiger partial charge in [0.25, 0.3) is 0 Å². The zero-order valence-corrected chi connectivity index (χ0v) is 16.3. The number of rotatable bonds is 3. The predicted molar refractivity (Wildman–Crippen MR) is 111 cm³/mol. The molecule has 120 valence electrons. The standard InChI is InChI=1S/C22H22BBr/c1-15-9-5-7-11-20(15)23(21-12-8-6-10-16(21)2)22-17(3)13-19(24)14-18(22)4/h5-14H,1-4H3. The van der Waals surface area contributed by atoms with Gasteiger partial charge in [0, 0.05) is 4.47 Å². The molecule has 0 heterocycles. The lowest BCUT2D eigenvalue weighted by molar-refractivity contribution is 1.40. The summed E-state index contributed by atoms with van der Waals surface area (Å²) in [6.07, 6.45) is 0. The average molecular weight is 377 g/mol. The highest BCUT2D eigenvalue weighted by atomic mass is 79.9. The van der Waals surface area contributed by atoms with Crippen LogP contribution in [0.4, 0.5) is 0 Å². The third-order valence-electron chi connectivity index (χ3n) is 4.85. The van der Waals surface area contributed by atoms with Crippen molar-refractivity contribution >= 4 is 39.0 Å². The van der Waals surface area contributed by atoms with Crippen LogP contribution in [0.2, 0.25) is 0 Å². The second kappa shape index (κ2) is 6.98. The molecule has 0 aliphatic heterocycles. The van der Waals surface area contributed by atoms with Gasteiger partial charge >= 0.3 is 0 Å². The molecule has 0 radical (unpaired) electrons. The number of halogens is 1. The molecule has 0 unspecified atom stereocenters. The van der Waals surface area contributed by atoms with Gasteiger partial charge in [-0.05, 0) is 39.8 Å². The summed E-state index contributed by atoms with van der Waals surface area (Å²) in [5.41, 5.74) is 9.54. The Morgan fingerprint density at radius 2 is 1.04 bits per heavy atom. The second-order valence-corrected chi connectivity index (χ2v) is 7.52. The molecule has 3 aromatic rings. The van der Waals surface area contributed by atoms with Gasteiger partial charge in [0.15, 0.2) is 0 Å². The summed E-state index contributed by atoms with van der Waals surface area (Å²) in [6.45, 7) is 9.13. The minimum Gasteiger partial charge on any atom is -0.0667 e. The van der Waals surface area contributed by atoms with Crippen molar-refractivity contribution in [1.29, 1.82) is 0 Å². The third-order valence-corrected chi connectivity index (χ3v) is 5.30. The summed E-state index contributed by atoms with van der Waals surface area (Å²) < 4.78 is 1.15.